The van der Waals surface area contributed by atoms with E-state index in [1.54, 1.807) is 0 Å². The summed E-state index contributed by atoms with van der Waals surface area (Å²) in [7, 11) is 0. The van der Waals surface area contributed by atoms with E-state index in [1.807, 2.05) is 0 Å². The normalized spacial score (nSPS) is 31.8. The number of rotatable bonds is 2. The van der Waals surface area contributed by atoms with Crippen molar-refractivity contribution in [2.24, 2.45) is 5.92 Å². The summed E-state index contributed by atoms with van der Waals surface area (Å²) in [6.45, 7) is 0.935. The van der Waals surface area contributed by atoms with Gasteiger partial charge in [0, 0.05) is 12.6 Å². The Bertz CT molecular complexity index is 403. The molecule has 1 aliphatic carbocycles. The quantitative estimate of drug-likeness (QED) is 0.730. The number of fused-ring (bicyclic) bond motifs is 1. The van der Waals surface area contributed by atoms with Crippen molar-refractivity contribution in [1.82, 2.24) is 4.90 Å². The van der Waals surface area contributed by atoms with Gasteiger partial charge in [-0.2, -0.15) is 0 Å². The second kappa shape index (κ2) is 5.13. The molecule has 3 atom stereocenters. The molecular weight excluding hydrogens is 222 g/mol. The van der Waals surface area contributed by atoms with Crippen LogP contribution in [0.5, 0.6) is 0 Å². The third-order valence-electron chi connectivity index (χ3n) is 4.79. The van der Waals surface area contributed by atoms with E-state index in [1.165, 1.54) is 31.2 Å². The Balaban J connectivity index is 1.86. The third kappa shape index (κ3) is 2.05. The van der Waals surface area contributed by atoms with Gasteiger partial charge in [0.25, 0.3) is 0 Å². The molecule has 0 aromatic heterocycles. The lowest BCUT2D eigenvalue weighted by Gasteiger charge is -2.47. The van der Waals surface area contributed by atoms with Crippen LogP contribution in [-0.4, -0.2) is 23.9 Å². The first-order chi connectivity index (χ1) is 8.90. The van der Waals surface area contributed by atoms with Crippen molar-refractivity contribution in [3.8, 4) is 0 Å². The molecule has 1 saturated carbocycles. The van der Waals surface area contributed by atoms with E-state index < -0.39 is 0 Å². The number of piperidine rings is 1. The zero-order chi connectivity index (χ0) is 12.4. The van der Waals surface area contributed by atoms with Crippen LogP contribution in [-0.2, 0) is 4.79 Å². The van der Waals surface area contributed by atoms with Crippen LogP contribution in [0.4, 0.5) is 0 Å². The molecule has 18 heavy (non-hydrogen) atoms. The van der Waals surface area contributed by atoms with Gasteiger partial charge in [0.1, 0.15) is 0 Å². The second-order valence-corrected chi connectivity index (χ2v) is 5.66. The van der Waals surface area contributed by atoms with Gasteiger partial charge in [-0.15, -0.1) is 0 Å². The highest BCUT2D eigenvalue weighted by atomic mass is 16.1. The molecule has 1 aromatic rings. The predicted octanol–water partition coefficient (Wildman–Crippen LogP) is 3.19. The van der Waals surface area contributed by atoms with Crippen molar-refractivity contribution in [1.29, 1.82) is 0 Å². The number of nitrogens with zero attached hydrogens (tertiary/aromatic N) is 1. The summed E-state index contributed by atoms with van der Waals surface area (Å²) in [5.74, 6) is 1.34. The first-order valence-electron chi connectivity index (χ1n) is 7.16. The molecule has 1 aromatic carbocycles. The Morgan fingerprint density at radius 2 is 1.83 bits per heavy atom. The average molecular weight is 243 g/mol. The lowest BCUT2D eigenvalue weighted by atomic mass is 9.69. The van der Waals surface area contributed by atoms with Crippen LogP contribution >= 0.6 is 0 Å². The van der Waals surface area contributed by atoms with Crippen LogP contribution in [0.2, 0.25) is 0 Å². The van der Waals surface area contributed by atoms with Gasteiger partial charge in [-0.1, -0.05) is 43.2 Å². The Morgan fingerprint density at radius 1 is 1.06 bits per heavy atom. The number of carbonyl (C=O) groups is 1. The van der Waals surface area contributed by atoms with E-state index >= 15 is 0 Å². The van der Waals surface area contributed by atoms with Crippen molar-refractivity contribution in [2.75, 3.05) is 6.54 Å². The number of benzene rings is 1. The minimum absolute atomic E-state index is 0.496. The highest BCUT2D eigenvalue weighted by Crippen LogP contribution is 2.43. The van der Waals surface area contributed by atoms with E-state index in [0.717, 1.165) is 19.4 Å². The molecule has 0 spiro atoms. The molecule has 1 saturated heterocycles. The fourth-order valence-electron chi connectivity index (χ4n) is 3.93. The van der Waals surface area contributed by atoms with Crippen molar-refractivity contribution in [2.45, 2.75) is 44.1 Å². The Labute approximate surface area is 109 Å². The molecule has 96 valence electrons. The highest BCUT2D eigenvalue weighted by Gasteiger charge is 2.39. The van der Waals surface area contributed by atoms with E-state index in [0.29, 0.717) is 17.9 Å². The summed E-state index contributed by atoms with van der Waals surface area (Å²) in [4.78, 5) is 13.2. The fourth-order valence-corrected chi connectivity index (χ4v) is 3.93. The maximum Gasteiger partial charge on any atom is 0.209 e. The molecule has 1 aliphatic heterocycles. The van der Waals surface area contributed by atoms with Gasteiger partial charge in [-0.05, 0) is 36.7 Å². The Morgan fingerprint density at radius 3 is 2.61 bits per heavy atom. The van der Waals surface area contributed by atoms with Gasteiger partial charge >= 0.3 is 0 Å². The first-order valence-corrected chi connectivity index (χ1v) is 7.16. The zero-order valence-corrected chi connectivity index (χ0v) is 10.8. The maximum absolute atomic E-state index is 11.2. The summed E-state index contributed by atoms with van der Waals surface area (Å²) < 4.78 is 0. The topological polar surface area (TPSA) is 20.3 Å². The molecule has 3 rings (SSSR count). The predicted molar refractivity (Wildman–Crippen MR) is 72.3 cm³/mol. The van der Waals surface area contributed by atoms with Gasteiger partial charge < -0.3 is 4.90 Å². The summed E-state index contributed by atoms with van der Waals surface area (Å²) in [6.07, 6.45) is 7.31. The Hall–Kier alpha value is -1.31. The minimum Gasteiger partial charge on any atom is -0.342 e. The van der Waals surface area contributed by atoms with E-state index in [9.17, 15) is 4.79 Å². The molecule has 2 fully saturated rings. The average Bonchev–Trinajstić information content (AvgIpc) is 2.47. The van der Waals surface area contributed by atoms with E-state index in [-0.39, 0.29) is 0 Å². The van der Waals surface area contributed by atoms with Gasteiger partial charge in [0.15, 0.2) is 0 Å². The van der Waals surface area contributed by atoms with Gasteiger partial charge in [-0.25, -0.2) is 0 Å². The minimum atomic E-state index is 0.496. The monoisotopic (exact) mass is 243 g/mol. The molecule has 0 bridgehead atoms. The van der Waals surface area contributed by atoms with Crippen molar-refractivity contribution < 1.29 is 4.79 Å². The molecule has 2 heteroatoms. The van der Waals surface area contributed by atoms with Gasteiger partial charge in [0.05, 0.1) is 0 Å². The number of hydrogen-bond acceptors (Lipinski definition) is 1. The summed E-state index contributed by atoms with van der Waals surface area (Å²) in [6, 6.07) is 11.4. The standard InChI is InChI=1S/C16H21NO/c18-12-17-11-10-14(13-6-2-1-3-7-13)15-8-4-5-9-16(15)17/h1-3,6-7,12,14-16H,4-5,8-11H2. The lowest BCUT2D eigenvalue weighted by Crippen LogP contribution is -2.49. The molecule has 0 radical (unpaired) electrons. The molecular formula is C16H21NO. The molecule has 2 nitrogen and oxygen atoms in total. The smallest absolute Gasteiger partial charge is 0.209 e. The largest absolute Gasteiger partial charge is 0.342 e. The summed E-state index contributed by atoms with van der Waals surface area (Å²) >= 11 is 0. The highest BCUT2D eigenvalue weighted by molar-refractivity contribution is 5.48. The van der Waals surface area contributed by atoms with Crippen LogP contribution < -0.4 is 0 Å². The maximum atomic E-state index is 11.2. The number of amides is 1. The molecule has 1 amide bonds. The van der Waals surface area contributed by atoms with Crippen molar-refractivity contribution in [3.05, 3.63) is 35.9 Å². The fraction of sp³-hybridized carbons (Fsp3) is 0.562. The van der Waals surface area contributed by atoms with Crippen LogP contribution in [0.15, 0.2) is 30.3 Å². The number of carbonyl (C=O) groups excluding carboxylic acids is 1. The van der Waals surface area contributed by atoms with Crippen LogP contribution in [0.3, 0.4) is 0 Å². The number of likely N-dealkylation sites (tertiary alicyclic amines) is 1. The van der Waals surface area contributed by atoms with Crippen LogP contribution in [0, 0.1) is 5.92 Å². The molecule has 2 aliphatic rings. The molecule has 0 N–H and O–H groups in total. The van der Waals surface area contributed by atoms with Crippen LogP contribution in [0.25, 0.3) is 0 Å². The molecule has 1 heterocycles. The van der Waals surface area contributed by atoms with Gasteiger partial charge in [0.2, 0.25) is 6.41 Å². The van der Waals surface area contributed by atoms with Crippen molar-refractivity contribution in [3.63, 3.8) is 0 Å². The van der Waals surface area contributed by atoms with Crippen LogP contribution in [0.1, 0.15) is 43.6 Å². The van der Waals surface area contributed by atoms with E-state index in [2.05, 4.69) is 35.2 Å². The summed E-state index contributed by atoms with van der Waals surface area (Å²) in [5, 5.41) is 0. The number of hydrogen-bond donors (Lipinski definition) is 0. The van der Waals surface area contributed by atoms with Gasteiger partial charge in [-0.3, -0.25) is 4.79 Å². The first kappa shape index (κ1) is 11.8. The lowest BCUT2D eigenvalue weighted by molar-refractivity contribution is -0.124. The molecule has 3 unspecified atom stereocenters. The van der Waals surface area contributed by atoms with E-state index in [4.69, 9.17) is 0 Å². The second-order valence-electron chi connectivity index (χ2n) is 5.66. The zero-order valence-electron chi connectivity index (χ0n) is 10.8. The summed E-state index contributed by atoms with van der Waals surface area (Å²) in [5.41, 5.74) is 1.47. The third-order valence-corrected chi connectivity index (χ3v) is 4.79. The Kier molecular flexibility index (Phi) is 3.35. The van der Waals surface area contributed by atoms with Crippen molar-refractivity contribution >= 4 is 6.41 Å². The SMILES string of the molecule is O=CN1CCC(c2ccccc2)C2CCCCC21.